The largest absolute Gasteiger partial charge is 0.390 e. The lowest BCUT2D eigenvalue weighted by Gasteiger charge is -1.98. The van der Waals surface area contributed by atoms with Crippen molar-refractivity contribution in [2.45, 2.75) is 16.8 Å². The lowest BCUT2D eigenvalue weighted by atomic mass is 10.4. The minimum Gasteiger partial charge on any atom is -0.390 e. The molecule has 6 nitrogen and oxygen atoms in total. The van der Waals surface area contributed by atoms with Gasteiger partial charge in [0.05, 0.1) is 12.3 Å². The SMILES string of the molecule is OCc1c(Sc2ncn[nH]2)nc2ccccn12. The molecule has 0 amide bonds. The van der Waals surface area contributed by atoms with Crippen LogP contribution in [0, 0.1) is 0 Å². The summed E-state index contributed by atoms with van der Waals surface area (Å²) in [7, 11) is 0. The van der Waals surface area contributed by atoms with Crippen molar-refractivity contribution < 1.29 is 5.11 Å². The molecule has 0 aliphatic carbocycles. The van der Waals surface area contributed by atoms with E-state index in [4.69, 9.17) is 0 Å². The van der Waals surface area contributed by atoms with Crippen LogP contribution in [-0.4, -0.2) is 29.7 Å². The molecule has 0 radical (unpaired) electrons. The predicted octanol–water partition coefficient (Wildman–Crippen LogP) is 1.10. The third kappa shape index (κ3) is 1.79. The second-order valence-electron chi connectivity index (χ2n) is 3.34. The summed E-state index contributed by atoms with van der Waals surface area (Å²) in [4.78, 5) is 8.46. The molecule has 2 N–H and O–H groups in total. The maximum absolute atomic E-state index is 9.41. The van der Waals surface area contributed by atoms with Gasteiger partial charge in [0.15, 0.2) is 5.16 Å². The molecule has 0 aliphatic rings. The number of H-pyrrole nitrogens is 1. The number of imidazole rings is 1. The monoisotopic (exact) mass is 247 g/mol. The average Bonchev–Trinajstić information content (AvgIpc) is 2.96. The maximum Gasteiger partial charge on any atom is 0.189 e. The van der Waals surface area contributed by atoms with Gasteiger partial charge in [-0.15, -0.1) is 0 Å². The highest BCUT2D eigenvalue weighted by molar-refractivity contribution is 7.99. The summed E-state index contributed by atoms with van der Waals surface area (Å²) >= 11 is 1.35. The van der Waals surface area contributed by atoms with E-state index < -0.39 is 0 Å². The van der Waals surface area contributed by atoms with Gasteiger partial charge < -0.3 is 9.51 Å². The van der Waals surface area contributed by atoms with Gasteiger partial charge in [0.25, 0.3) is 0 Å². The van der Waals surface area contributed by atoms with Crippen LogP contribution in [0.5, 0.6) is 0 Å². The van der Waals surface area contributed by atoms with Crippen molar-refractivity contribution in [1.29, 1.82) is 0 Å². The van der Waals surface area contributed by atoms with E-state index in [0.29, 0.717) is 5.16 Å². The summed E-state index contributed by atoms with van der Waals surface area (Å²) in [6, 6.07) is 5.70. The Hall–Kier alpha value is -1.86. The van der Waals surface area contributed by atoms with Crippen molar-refractivity contribution in [3.05, 3.63) is 36.4 Å². The number of aliphatic hydroxyl groups is 1. The van der Waals surface area contributed by atoms with Crippen LogP contribution in [0.3, 0.4) is 0 Å². The molecule has 0 unspecified atom stereocenters. The molecule has 0 spiro atoms. The van der Waals surface area contributed by atoms with Crippen molar-refractivity contribution in [3.8, 4) is 0 Å². The normalized spacial score (nSPS) is 11.1. The molecule has 0 aromatic carbocycles. The van der Waals surface area contributed by atoms with Gasteiger partial charge in [0.1, 0.15) is 17.0 Å². The molecule has 3 aromatic rings. The van der Waals surface area contributed by atoms with E-state index in [0.717, 1.165) is 16.4 Å². The van der Waals surface area contributed by atoms with Crippen molar-refractivity contribution in [2.24, 2.45) is 0 Å². The van der Waals surface area contributed by atoms with E-state index in [1.54, 1.807) is 0 Å². The van der Waals surface area contributed by atoms with Crippen molar-refractivity contribution >= 4 is 17.4 Å². The zero-order chi connectivity index (χ0) is 11.7. The summed E-state index contributed by atoms with van der Waals surface area (Å²) in [6.07, 6.45) is 3.31. The van der Waals surface area contributed by atoms with Crippen LogP contribution in [-0.2, 0) is 6.61 Å². The standard InChI is InChI=1S/C10H9N5OS/c16-5-7-9(17-10-11-6-12-14-10)13-8-3-1-2-4-15(7)8/h1-4,6,16H,5H2,(H,11,12,14). The van der Waals surface area contributed by atoms with Gasteiger partial charge >= 0.3 is 0 Å². The molecule has 17 heavy (non-hydrogen) atoms. The van der Waals surface area contributed by atoms with E-state index in [1.807, 2.05) is 28.8 Å². The first-order valence-electron chi connectivity index (χ1n) is 4.98. The van der Waals surface area contributed by atoms with Crippen molar-refractivity contribution in [2.75, 3.05) is 0 Å². The molecule has 0 saturated heterocycles. The highest BCUT2D eigenvalue weighted by Gasteiger charge is 2.13. The Bertz CT molecular complexity index is 633. The van der Waals surface area contributed by atoms with Gasteiger partial charge in [-0.2, -0.15) is 5.10 Å². The second kappa shape index (κ2) is 4.19. The summed E-state index contributed by atoms with van der Waals surface area (Å²) in [5, 5.41) is 17.3. The van der Waals surface area contributed by atoms with Gasteiger partial charge in [-0.1, -0.05) is 6.07 Å². The van der Waals surface area contributed by atoms with Crippen molar-refractivity contribution in [1.82, 2.24) is 24.6 Å². The number of aromatic nitrogens is 5. The first-order valence-corrected chi connectivity index (χ1v) is 5.80. The molecular weight excluding hydrogens is 238 g/mol. The number of nitrogens with one attached hydrogen (secondary N) is 1. The van der Waals surface area contributed by atoms with Gasteiger partial charge in [0.2, 0.25) is 0 Å². The number of aliphatic hydroxyl groups excluding tert-OH is 1. The van der Waals surface area contributed by atoms with Crippen LogP contribution < -0.4 is 0 Å². The van der Waals surface area contributed by atoms with E-state index in [2.05, 4.69) is 20.2 Å². The van der Waals surface area contributed by atoms with Gasteiger partial charge in [-0.05, 0) is 23.9 Å². The third-order valence-corrected chi connectivity index (χ3v) is 3.24. The number of aromatic amines is 1. The van der Waals surface area contributed by atoms with Gasteiger partial charge in [-0.3, -0.25) is 5.10 Å². The first-order chi connectivity index (χ1) is 8.38. The lowest BCUT2D eigenvalue weighted by Crippen LogP contribution is -1.92. The maximum atomic E-state index is 9.41. The molecule has 3 aromatic heterocycles. The van der Waals surface area contributed by atoms with Gasteiger partial charge in [-0.25, -0.2) is 9.97 Å². The average molecular weight is 247 g/mol. The molecular formula is C10H9N5OS. The number of pyridine rings is 1. The Labute approximate surface area is 101 Å². The number of hydrogen-bond acceptors (Lipinski definition) is 5. The Morgan fingerprint density at radius 3 is 3.12 bits per heavy atom. The Balaban J connectivity index is 2.09. The van der Waals surface area contributed by atoms with E-state index >= 15 is 0 Å². The molecule has 86 valence electrons. The zero-order valence-electron chi connectivity index (χ0n) is 8.74. The van der Waals surface area contributed by atoms with Crippen LogP contribution >= 0.6 is 11.8 Å². The predicted molar refractivity (Wildman–Crippen MR) is 61.6 cm³/mol. The highest BCUT2D eigenvalue weighted by Crippen LogP contribution is 2.27. The van der Waals surface area contributed by atoms with Crippen LogP contribution in [0.1, 0.15) is 5.69 Å². The number of hydrogen-bond donors (Lipinski definition) is 2. The van der Waals surface area contributed by atoms with E-state index in [1.165, 1.54) is 18.1 Å². The smallest absolute Gasteiger partial charge is 0.189 e. The Kier molecular flexibility index (Phi) is 2.54. The second-order valence-corrected chi connectivity index (χ2v) is 4.32. The molecule has 7 heteroatoms. The minimum atomic E-state index is -0.0678. The molecule has 0 fully saturated rings. The molecule has 3 rings (SSSR count). The van der Waals surface area contributed by atoms with Crippen LogP contribution in [0.2, 0.25) is 0 Å². The molecule has 0 aliphatic heterocycles. The van der Waals surface area contributed by atoms with Crippen molar-refractivity contribution in [3.63, 3.8) is 0 Å². The number of nitrogens with zero attached hydrogens (tertiary/aromatic N) is 4. The molecule has 0 saturated carbocycles. The fourth-order valence-corrected chi connectivity index (χ4v) is 2.39. The fourth-order valence-electron chi connectivity index (χ4n) is 1.59. The minimum absolute atomic E-state index is 0.0678. The Morgan fingerprint density at radius 1 is 1.41 bits per heavy atom. The summed E-state index contributed by atoms with van der Waals surface area (Å²) < 4.78 is 1.86. The zero-order valence-corrected chi connectivity index (χ0v) is 9.55. The summed E-state index contributed by atoms with van der Waals surface area (Å²) in [5.41, 5.74) is 1.56. The summed E-state index contributed by atoms with van der Waals surface area (Å²) in [5.74, 6) is 0. The van der Waals surface area contributed by atoms with Crippen LogP contribution in [0.25, 0.3) is 5.65 Å². The topological polar surface area (TPSA) is 79.1 Å². The summed E-state index contributed by atoms with van der Waals surface area (Å²) in [6.45, 7) is -0.0678. The third-order valence-electron chi connectivity index (χ3n) is 2.33. The van der Waals surface area contributed by atoms with E-state index in [-0.39, 0.29) is 6.61 Å². The van der Waals surface area contributed by atoms with Gasteiger partial charge in [0, 0.05) is 6.20 Å². The quantitative estimate of drug-likeness (QED) is 0.724. The number of rotatable bonds is 3. The van der Waals surface area contributed by atoms with Crippen LogP contribution in [0.15, 0.2) is 40.9 Å². The Morgan fingerprint density at radius 2 is 2.35 bits per heavy atom. The number of fused-ring (bicyclic) bond motifs is 1. The lowest BCUT2D eigenvalue weighted by molar-refractivity contribution is 0.272. The fraction of sp³-hybridized carbons (Fsp3) is 0.100. The highest BCUT2D eigenvalue weighted by atomic mass is 32.2. The van der Waals surface area contributed by atoms with Crippen LogP contribution in [0.4, 0.5) is 0 Å². The molecule has 0 atom stereocenters. The first kappa shape index (κ1) is 10.3. The molecule has 3 heterocycles. The molecule has 0 bridgehead atoms. The van der Waals surface area contributed by atoms with E-state index in [9.17, 15) is 5.11 Å².